The summed E-state index contributed by atoms with van der Waals surface area (Å²) < 4.78 is 28.5. The summed E-state index contributed by atoms with van der Waals surface area (Å²) in [5.41, 5.74) is 0. The zero-order valence-electron chi connectivity index (χ0n) is 49.0. The van der Waals surface area contributed by atoms with Crippen molar-refractivity contribution in [2.45, 2.75) is 314 Å². The van der Waals surface area contributed by atoms with Gasteiger partial charge in [-0.25, -0.2) is 4.79 Å². The Kier molecular flexibility index (Phi) is 49.2. The molecule has 0 saturated carbocycles. The molecule has 77 heavy (non-hydrogen) atoms. The quantitative estimate of drug-likeness (QED) is 0.0228. The monoisotopic (exact) mass is 1080 g/mol. The zero-order chi connectivity index (χ0) is 56.1. The molecule has 6 atom stereocenters. The average molecular weight is 1090 g/mol. The van der Waals surface area contributed by atoms with Crippen LogP contribution in [-0.2, 0) is 42.9 Å². The maximum Gasteiger partial charge on any atom is 0.335 e. The lowest BCUT2D eigenvalue weighted by atomic mass is 9.98. The molecule has 1 heterocycles. The molecule has 3 N–H and O–H groups in total. The standard InChI is InChI=1S/C65H112O12/c1-4-7-10-13-16-19-22-25-27-28-29-30-32-34-36-39-42-45-48-51-57(66)73-54-56(75-58(67)52-49-46-43-40-38-35-31-26-23-20-17-14-11-8-5-2)55-74-65-63(61(70)60(69)62(77-65)64(71)72)76-59(68)53-50-47-44-41-37-33-24-21-18-15-12-9-6-3/h12,15-16,19,21,24-27,31,56,60-63,65,69-70H,4-11,13-14,17-18,20,22-23,28-30,32-55H2,1-3H3,(H,71,72)/b15-12-,19-16-,24-21-,27-25-,31-26-. The van der Waals surface area contributed by atoms with E-state index < -0.39 is 67.3 Å². The molecule has 0 bridgehead atoms. The summed E-state index contributed by atoms with van der Waals surface area (Å²) in [6, 6.07) is 0. The summed E-state index contributed by atoms with van der Waals surface area (Å²) in [7, 11) is 0. The maximum atomic E-state index is 13.2. The molecular formula is C65H112O12. The largest absolute Gasteiger partial charge is 0.479 e. The lowest BCUT2D eigenvalue weighted by Crippen LogP contribution is -2.61. The van der Waals surface area contributed by atoms with Gasteiger partial charge >= 0.3 is 23.9 Å². The highest BCUT2D eigenvalue weighted by Gasteiger charge is 2.50. The highest BCUT2D eigenvalue weighted by molar-refractivity contribution is 5.74. The number of rotatable bonds is 53. The molecule has 0 aromatic carbocycles. The lowest BCUT2D eigenvalue weighted by molar-refractivity contribution is -0.301. The first-order valence-corrected chi connectivity index (χ1v) is 31.3. The number of carbonyl (C=O) groups is 4. The van der Waals surface area contributed by atoms with E-state index in [1.54, 1.807) is 0 Å². The van der Waals surface area contributed by atoms with Gasteiger partial charge in [0, 0.05) is 19.3 Å². The summed E-state index contributed by atoms with van der Waals surface area (Å²) in [5, 5.41) is 31.5. The predicted molar refractivity (Wildman–Crippen MR) is 312 cm³/mol. The molecule has 12 heteroatoms. The van der Waals surface area contributed by atoms with Gasteiger partial charge in [-0.15, -0.1) is 0 Å². The van der Waals surface area contributed by atoms with Gasteiger partial charge in [0.05, 0.1) is 6.61 Å². The van der Waals surface area contributed by atoms with E-state index in [1.807, 2.05) is 0 Å². The minimum Gasteiger partial charge on any atom is -0.479 e. The van der Waals surface area contributed by atoms with Crippen molar-refractivity contribution in [2.24, 2.45) is 0 Å². The Morgan fingerprint density at radius 2 is 0.805 bits per heavy atom. The van der Waals surface area contributed by atoms with E-state index in [9.17, 15) is 34.5 Å². The van der Waals surface area contributed by atoms with E-state index in [1.165, 1.54) is 96.3 Å². The molecule has 1 aliphatic rings. The SMILES string of the molecule is CCC/C=C\C/C=C\CCCCCCCC(=O)OC1C(OCC(COC(=O)CCCCCCCCCCC/C=C\C/C=C\CCCCC)OC(=O)CCCCCCC/C=C\CCCCCCCC)OC(C(=O)O)C(O)C1O. The van der Waals surface area contributed by atoms with Crippen LogP contribution in [0.15, 0.2) is 60.8 Å². The Morgan fingerprint density at radius 1 is 0.429 bits per heavy atom. The number of carbonyl (C=O) groups excluding carboxylic acids is 3. The van der Waals surface area contributed by atoms with Crippen molar-refractivity contribution in [1.29, 1.82) is 0 Å². The number of carboxylic acid groups (broad SMARTS) is 1. The Morgan fingerprint density at radius 3 is 1.26 bits per heavy atom. The van der Waals surface area contributed by atoms with Gasteiger partial charge in [0.1, 0.15) is 18.8 Å². The molecule has 12 nitrogen and oxygen atoms in total. The van der Waals surface area contributed by atoms with Crippen molar-refractivity contribution >= 4 is 23.9 Å². The van der Waals surface area contributed by atoms with E-state index in [0.717, 1.165) is 122 Å². The fourth-order valence-electron chi connectivity index (χ4n) is 9.20. The third-order valence-electron chi connectivity index (χ3n) is 14.0. The van der Waals surface area contributed by atoms with Crippen molar-refractivity contribution < 1.29 is 58.2 Å². The van der Waals surface area contributed by atoms with Crippen molar-refractivity contribution in [3.8, 4) is 0 Å². The third kappa shape index (κ3) is 43.0. The minimum atomic E-state index is -1.91. The van der Waals surface area contributed by atoms with Gasteiger partial charge in [-0.1, -0.05) is 216 Å². The van der Waals surface area contributed by atoms with Crippen molar-refractivity contribution in [2.75, 3.05) is 13.2 Å². The normalized spacial score (nSPS) is 18.4. The van der Waals surface area contributed by atoms with Gasteiger partial charge in [0.25, 0.3) is 0 Å². The van der Waals surface area contributed by atoms with E-state index in [-0.39, 0.29) is 25.9 Å². The van der Waals surface area contributed by atoms with Gasteiger partial charge in [-0.05, 0) is 103 Å². The summed E-state index contributed by atoms with van der Waals surface area (Å²) >= 11 is 0. The summed E-state index contributed by atoms with van der Waals surface area (Å²) in [4.78, 5) is 51.2. The lowest BCUT2D eigenvalue weighted by Gasteiger charge is -2.40. The van der Waals surface area contributed by atoms with Crippen LogP contribution >= 0.6 is 0 Å². The summed E-state index contributed by atoms with van der Waals surface area (Å²) in [6.07, 6.45) is 53.3. The molecular weight excluding hydrogens is 973 g/mol. The molecule has 0 aromatic rings. The molecule has 0 aliphatic carbocycles. The van der Waals surface area contributed by atoms with Crippen LogP contribution in [0.25, 0.3) is 0 Å². The fraction of sp³-hybridized carbons (Fsp3) is 0.785. The number of unbranched alkanes of at least 4 members (excludes halogenated alkanes) is 29. The van der Waals surface area contributed by atoms with E-state index in [0.29, 0.717) is 19.3 Å². The molecule has 6 unspecified atom stereocenters. The van der Waals surface area contributed by atoms with Crippen LogP contribution in [0.3, 0.4) is 0 Å². The minimum absolute atomic E-state index is 0.0428. The smallest absolute Gasteiger partial charge is 0.335 e. The second-order valence-corrected chi connectivity index (χ2v) is 21.3. The number of aliphatic carboxylic acids is 1. The molecule has 1 aliphatic heterocycles. The van der Waals surface area contributed by atoms with Crippen molar-refractivity contribution in [3.05, 3.63) is 60.8 Å². The van der Waals surface area contributed by atoms with Crippen LogP contribution in [0.4, 0.5) is 0 Å². The molecule has 444 valence electrons. The van der Waals surface area contributed by atoms with E-state index in [2.05, 4.69) is 81.5 Å². The van der Waals surface area contributed by atoms with E-state index >= 15 is 0 Å². The maximum absolute atomic E-state index is 13.2. The van der Waals surface area contributed by atoms with Gasteiger partial charge in [-0.2, -0.15) is 0 Å². The van der Waals surface area contributed by atoms with Crippen molar-refractivity contribution in [3.63, 3.8) is 0 Å². The second-order valence-electron chi connectivity index (χ2n) is 21.3. The number of hydrogen-bond donors (Lipinski definition) is 3. The number of allylic oxidation sites excluding steroid dienone is 10. The third-order valence-corrected chi connectivity index (χ3v) is 14.0. The number of esters is 3. The second kappa shape index (κ2) is 53.1. The molecule has 1 rings (SSSR count). The van der Waals surface area contributed by atoms with Crippen LogP contribution in [-0.4, -0.2) is 89.2 Å². The Labute approximate surface area is 468 Å². The number of aliphatic hydroxyl groups excluding tert-OH is 2. The van der Waals surface area contributed by atoms with Crippen LogP contribution in [0.5, 0.6) is 0 Å². The predicted octanol–water partition coefficient (Wildman–Crippen LogP) is 16.3. The van der Waals surface area contributed by atoms with Crippen molar-refractivity contribution in [1.82, 2.24) is 0 Å². The molecule has 0 spiro atoms. The molecule has 0 amide bonds. The van der Waals surface area contributed by atoms with E-state index in [4.69, 9.17) is 23.7 Å². The first kappa shape index (κ1) is 71.4. The number of hydrogen-bond acceptors (Lipinski definition) is 11. The Hall–Kier alpha value is -3.58. The molecule has 1 fully saturated rings. The van der Waals surface area contributed by atoms with Gasteiger partial charge in [-0.3, -0.25) is 14.4 Å². The van der Waals surface area contributed by atoms with Gasteiger partial charge in [0.15, 0.2) is 24.6 Å². The molecule has 0 radical (unpaired) electrons. The van der Waals surface area contributed by atoms with Crippen LogP contribution < -0.4 is 0 Å². The Balaban J connectivity index is 2.67. The zero-order valence-corrected chi connectivity index (χ0v) is 49.0. The van der Waals surface area contributed by atoms with Crippen LogP contribution in [0, 0.1) is 0 Å². The Bertz CT molecular complexity index is 1570. The molecule has 0 aromatic heterocycles. The van der Waals surface area contributed by atoms with Gasteiger partial charge in [0.2, 0.25) is 0 Å². The van der Waals surface area contributed by atoms with Gasteiger partial charge < -0.3 is 39.0 Å². The van der Waals surface area contributed by atoms with Crippen LogP contribution in [0.1, 0.15) is 278 Å². The number of carboxylic acids is 1. The highest BCUT2D eigenvalue weighted by atomic mass is 16.7. The van der Waals surface area contributed by atoms with Crippen LogP contribution in [0.2, 0.25) is 0 Å². The highest BCUT2D eigenvalue weighted by Crippen LogP contribution is 2.26. The first-order valence-electron chi connectivity index (χ1n) is 31.3. The summed E-state index contributed by atoms with van der Waals surface area (Å²) in [6.45, 7) is 5.90. The molecule has 1 saturated heterocycles. The number of aliphatic hydroxyl groups is 2. The average Bonchev–Trinajstić information content (AvgIpc) is 3.42. The fourth-order valence-corrected chi connectivity index (χ4v) is 9.20. The number of ether oxygens (including phenoxy) is 5. The first-order chi connectivity index (χ1) is 37.6. The topological polar surface area (TPSA) is 175 Å². The summed E-state index contributed by atoms with van der Waals surface area (Å²) in [5.74, 6) is -3.14.